The second-order valence-corrected chi connectivity index (χ2v) is 9.78. The van der Waals surface area contributed by atoms with Crippen LogP contribution >= 0.6 is 0 Å². The van der Waals surface area contributed by atoms with Crippen LogP contribution in [-0.4, -0.2) is 61.4 Å². The molecule has 0 radical (unpaired) electrons. The first kappa shape index (κ1) is 22.8. The fourth-order valence-corrected chi connectivity index (χ4v) is 4.40. The Balaban J connectivity index is 1.87. The van der Waals surface area contributed by atoms with Crippen molar-refractivity contribution < 1.29 is 22.7 Å². The highest BCUT2D eigenvalue weighted by molar-refractivity contribution is 7.88. The number of carbonyl (C=O) groups excluding carboxylic acids is 2. The van der Waals surface area contributed by atoms with E-state index in [1.807, 2.05) is 42.5 Å². The Morgan fingerprint density at radius 3 is 2.32 bits per heavy atom. The quantitative estimate of drug-likeness (QED) is 0.695. The lowest BCUT2D eigenvalue weighted by Crippen LogP contribution is -2.69. The van der Waals surface area contributed by atoms with Gasteiger partial charge in [-0.25, -0.2) is 8.42 Å². The van der Waals surface area contributed by atoms with Crippen molar-refractivity contribution in [3.05, 3.63) is 65.7 Å². The summed E-state index contributed by atoms with van der Waals surface area (Å²) in [6.07, 6.45) is 1.04. The van der Waals surface area contributed by atoms with Gasteiger partial charge in [0, 0.05) is 19.6 Å². The molecule has 3 rings (SSSR count). The van der Waals surface area contributed by atoms with E-state index >= 15 is 0 Å². The molecule has 0 bridgehead atoms. The number of nitrogens with zero attached hydrogens (tertiary/aromatic N) is 2. The third-order valence-electron chi connectivity index (χ3n) is 5.45. The summed E-state index contributed by atoms with van der Waals surface area (Å²) in [7, 11) is -2.08. The number of methoxy groups -OCH3 is 1. The molecule has 0 spiro atoms. The molecule has 2 aromatic rings. The van der Waals surface area contributed by atoms with Crippen LogP contribution in [0.3, 0.4) is 0 Å². The van der Waals surface area contributed by atoms with E-state index in [9.17, 15) is 18.0 Å². The molecule has 1 aliphatic heterocycles. The molecule has 1 heterocycles. The Morgan fingerprint density at radius 2 is 1.74 bits per heavy atom. The van der Waals surface area contributed by atoms with Gasteiger partial charge in [0.1, 0.15) is 11.3 Å². The van der Waals surface area contributed by atoms with E-state index in [0.717, 1.165) is 21.7 Å². The lowest BCUT2D eigenvalue weighted by molar-refractivity contribution is -0.153. The number of sulfonamides is 1. The van der Waals surface area contributed by atoms with E-state index in [1.165, 1.54) is 4.90 Å². The molecule has 1 fully saturated rings. The van der Waals surface area contributed by atoms with Crippen LogP contribution in [0, 0.1) is 0 Å². The largest absolute Gasteiger partial charge is 0.497 e. The third-order valence-corrected chi connectivity index (χ3v) is 6.64. The summed E-state index contributed by atoms with van der Waals surface area (Å²) >= 11 is 0. The van der Waals surface area contributed by atoms with Crippen LogP contribution in [0.25, 0.3) is 0 Å². The summed E-state index contributed by atoms with van der Waals surface area (Å²) in [5, 5.41) is 2.86. The monoisotopic (exact) mass is 445 g/mol. The van der Waals surface area contributed by atoms with E-state index in [4.69, 9.17) is 4.74 Å². The van der Waals surface area contributed by atoms with Gasteiger partial charge in [0.05, 0.1) is 19.9 Å². The van der Waals surface area contributed by atoms with E-state index in [-0.39, 0.29) is 26.2 Å². The second kappa shape index (κ2) is 9.07. The summed E-state index contributed by atoms with van der Waals surface area (Å²) in [6, 6.07) is 16.6. The molecule has 0 aromatic heterocycles. The van der Waals surface area contributed by atoms with Gasteiger partial charge < -0.3 is 15.0 Å². The maximum absolute atomic E-state index is 13.3. The second-order valence-electron chi connectivity index (χ2n) is 7.80. The summed E-state index contributed by atoms with van der Waals surface area (Å²) in [5.41, 5.74) is 0.347. The molecule has 31 heavy (non-hydrogen) atoms. The Morgan fingerprint density at radius 1 is 1.10 bits per heavy atom. The van der Waals surface area contributed by atoms with Crippen molar-refractivity contribution in [2.75, 3.05) is 26.5 Å². The van der Waals surface area contributed by atoms with Gasteiger partial charge in [0.15, 0.2) is 0 Å². The summed E-state index contributed by atoms with van der Waals surface area (Å²) in [6.45, 7) is 1.64. The van der Waals surface area contributed by atoms with Crippen LogP contribution in [0.1, 0.15) is 18.1 Å². The van der Waals surface area contributed by atoms with Gasteiger partial charge in [-0.15, -0.1) is 0 Å². The molecule has 1 aliphatic rings. The van der Waals surface area contributed by atoms with Gasteiger partial charge in [0.2, 0.25) is 21.8 Å². The van der Waals surface area contributed by atoms with Crippen LogP contribution < -0.4 is 10.1 Å². The first-order valence-electron chi connectivity index (χ1n) is 9.84. The fourth-order valence-electron chi connectivity index (χ4n) is 3.57. The lowest BCUT2D eigenvalue weighted by Gasteiger charge is -2.46. The van der Waals surface area contributed by atoms with Crippen molar-refractivity contribution >= 4 is 21.8 Å². The predicted molar refractivity (Wildman–Crippen MR) is 117 cm³/mol. The summed E-state index contributed by atoms with van der Waals surface area (Å²) in [5.74, 6) is -0.156. The minimum atomic E-state index is -3.65. The van der Waals surface area contributed by atoms with Crippen LogP contribution in [0.4, 0.5) is 0 Å². The number of ether oxygens (including phenoxy) is 1. The standard InChI is InChI=1S/C22H27N3O5S/c1-22(21(27)23-13-17-7-5-4-6-8-17)16-24(31(3,28)29)15-20(26)25(22)14-18-9-11-19(30-2)12-10-18/h4-12H,13-16H2,1-3H3,(H,23,27)/t22-/m1/s1. The fraction of sp³-hybridized carbons (Fsp3) is 0.364. The first-order chi connectivity index (χ1) is 14.6. The van der Waals surface area contributed by atoms with E-state index in [2.05, 4.69) is 5.32 Å². The molecule has 1 saturated heterocycles. The highest BCUT2D eigenvalue weighted by atomic mass is 32.2. The average Bonchev–Trinajstić information content (AvgIpc) is 2.75. The molecule has 1 N–H and O–H groups in total. The molecule has 0 aliphatic carbocycles. The van der Waals surface area contributed by atoms with Crippen molar-refractivity contribution in [1.82, 2.24) is 14.5 Å². The van der Waals surface area contributed by atoms with Crippen molar-refractivity contribution in [3.63, 3.8) is 0 Å². The zero-order valence-corrected chi connectivity index (χ0v) is 18.7. The zero-order valence-electron chi connectivity index (χ0n) is 17.9. The molecule has 8 nitrogen and oxygen atoms in total. The van der Waals surface area contributed by atoms with Crippen LogP contribution in [0.2, 0.25) is 0 Å². The summed E-state index contributed by atoms with van der Waals surface area (Å²) in [4.78, 5) is 27.7. The van der Waals surface area contributed by atoms with Crippen molar-refractivity contribution in [2.24, 2.45) is 0 Å². The first-order valence-corrected chi connectivity index (χ1v) is 11.7. The number of amides is 2. The van der Waals surface area contributed by atoms with E-state index in [0.29, 0.717) is 5.75 Å². The average molecular weight is 446 g/mol. The van der Waals surface area contributed by atoms with Gasteiger partial charge >= 0.3 is 0 Å². The molecule has 0 saturated carbocycles. The predicted octanol–water partition coefficient (Wildman–Crippen LogP) is 1.37. The number of benzene rings is 2. The molecule has 166 valence electrons. The zero-order chi connectivity index (χ0) is 22.6. The number of nitrogens with one attached hydrogen (secondary N) is 1. The van der Waals surface area contributed by atoms with Crippen LogP contribution in [0.15, 0.2) is 54.6 Å². The van der Waals surface area contributed by atoms with Crippen molar-refractivity contribution in [2.45, 2.75) is 25.6 Å². The minimum absolute atomic E-state index is 0.117. The Kier molecular flexibility index (Phi) is 6.66. The highest BCUT2D eigenvalue weighted by Gasteiger charge is 2.49. The topological polar surface area (TPSA) is 96.0 Å². The van der Waals surface area contributed by atoms with Crippen LogP contribution in [-0.2, 0) is 32.7 Å². The smallest absolute Gasteiger partial charge is 0.247 e. The van der Waals surface area contributed by atoms with Gasteiger partial charge in [-0.1, -0.05) is 42.5 Å². The number of hydrogen-bond donors (Lipinski definition) is 1. The number of rotatable bonds is 7. The Bertz CT molecular complexity index is 1040. The van der Waals surface area contributed by atoms with Crippen LogP contribution in [0.5, 0.6) is 5.75 Å². The van der Waals surface area contributed by atoms with E-state index in [1.54, 1.807) is 26.2 Å². The van der Waals surface area contributed by atoms with Gasteiger partial charge in [-0.05, 0) is 30.2 Å². The lowest BCUT2D eigenvalue weighted by atomic mass is 9.94. The van der Waals surface area contributed by atoms with Gasteiger partial charge in [-0.2, -0.15) is 4.31 Å². The Labute approximate surface area is 182 Å². The van der Waals surface area contributed by atoms with E-state index < -0.39 is 27.4 Å². The normalized spacial score (nSPS) is 19.8. The molecular formula is C22H27N3O5S. The molecular weight excluding hydrogens is 418 g/mol. The summed E-state index contributed by atoms with van der Waals surface area (Å²) < 4.78 is 30.6. The third kappa shape index (κ3) is 5.23. The number of piperazine rings is 1. The molecule has 2 amide bonds. The molecule has 9 heteroatoms. The number of hydrogen-bond acceptors (Lipinski definition) is 5. The highest BCUT2D eigenvalue weighted by Crippen LogP contribution is 2.27. The molecule has 1 atom stereocenters. The Hall–Kier alpha value is -2.91. The molecule has 2 aromatic carbocycles. The minimum Gasteiger partial charge on any atom is -0.497 e. The maximum Gasteiger partial charge on any atom is 0.247 e. The van der Waals surface area contributed by atoms with Crippen molar-refractivity contribution in [1.29, 1.82) is 0 Å². The van der Waals surface area contributed by atoms with Gasteiger partial charge in [0.25, 0.3) is 0 Å². The SMILES string of the molecule is COc1ccc(CN2C(=O)CN(S(C)(=O)=O)C[C@]2(C)C(=O)NCc2ccccc2)cc1. The maximum atomic E-state index is 13.3. The number of carbonyl (C=O) groups is 2. The molecule has 0 unspecified atom stereocenters. The van der Waals surface area contributed by atoms with Crippen molar-refractivity contribution in [3.8, 4) is 5.75 Å². The van der Waals surface area contributed by atoms with Gasteiger partial charge in [-0.3, -0.25) is 9.59 Å².